The largest absolute Gasteiger partial charge is 0.494 e. The molecule has 2 N–H and O–H groups in total. The molecule has 4 heteroatoms. The number of aromatic nitrogens is 1. The molecule has 0 aliphatic heterocycles. The van der Waals surface area contributed by atoms with Crippen LogP contribution in [-0.2, 0) is 6.42 Å². The molecule has 1 aliphatic carbocycles. The van der Waals surface area contributed by atoms with Crippen LogP contribution in [0.3, 0.4) is 0 Å². The van der Waals surface area contributed by atoms with Crippen molar-refractivity contribution in [3.05, 3.63) is 47.5 Å². The number of hydrogen-bond donors (Lipinski definition) is 1. The predicted octanol–water partition coefficient (Wildman–Crippen LogP) is 3.60. The van der Waals surface area contributed by atoms with Gasteiger partial charge in [-0.1, -0.05) is 13.8 Å². The minimum Gasteiger partial charge on any atom is -0.494 e. The summed E-state index contributed by atoms with van der Waals surface area (Å²) in [6.07, 6.45) is 3.96. The average Bonchev–Trinajstić information content (AvgIpc) is 2.82. The number of rotatable bonds is 2. The normalized spacial score (nSPS) is 20.1. The molecular formula is C17H21FN2O. The zero-order chi connectivity index (χ0) is 15.2. The third kappa shape index (κ3) is 2.44. The molecule has 21 heavy (non-hydrogen) atoms. The second-order valence-electron chi connectivity index (χ2n) is 6.56. The zero-order valence-corrected chi connectivity index (χ0v) is 12.7. The van der Waals surface area contributed by atoms with Crippen LogP contribution in [-0.4, -0.2) is 11.7 Å². The molecule has 0 spiro atoms. The molecule has 1 unspecified atom stereocenters. The summed E-state index contributed by atoms with van der Waals surface area (Å²) < 4.78 is 20.8. The number of nitrogens with zero attached hydrogens (tertiary/aromatic N) is 1. The van der Waals surface area contributed by atoms with Gasteiger partial charge in [-0.2, -0.15) is 0 Å². The Balaban J connectivity index is 2.09. The van der Waals surface area contributed by atoms with Gasteiger partial charge in [0.25, 0.3) is 0 Å². The highest BCUT2D eigenvalue weighted by atomic mass is 19.1. The highest BCUT2D eigenvalue weighted by molar-refractivity contribution is 5.45. The lowest BCUT2D eigenvalue weighted by molar-refractivity contribution is 0.278. The van der Waals surface area contributed by atoms with Gasteiger partial charge in [0.15, 0.2) is 11.6 Å². The average molecular weight is 288 g/mol. The van der Waals surface area contributed by atoms with Crippen molar-refractivity contribution in [2.45, 2.75) is 32.7 Å². The quantitative estimate of drug-likeness (QED) is 0.917. The molecule has 0 saturated carbocycles. The van der Waals surface area contributed by atoms with Gasteiger partial charge >= 0.3 is 0 Å². The zero-order valence-electron chi connectivity index (χ0n) is 12.7. The van der Waals surface area contributed by atoms with E-state index in [0.29, 0.717) is 0 Å². The molecule has 0 bridgehead atoms. The third-order valence-electron chi connectivity index (χ3n) is 4.26. The number of fused-ring (bicyclic) bond motifs is 1. The van der Waals surface area contributed by atoms with E-state index >= 15 is 0 Å². The Hall–Kier alpha value is -1.81. The molecule has 1 heterocycles. The van der Waals surface area contributed by atoms with Crippen molar-refractivity contribution in [1.82, 2.24) is 4.57 Å². The fraction of sp³-hybridized carbons (Fsp3) is 0.412. The van der Waals surface area contributed by atoms with Gasteiger partial charge < -0.3 is 15.0 Å². The molecule has 3 rings (SSSR count). The van der Waals surface area contributed by atoms with Crippen LogP contribution < -0.4 is 10.5 Å². The van der Waals surface area contributed by atoms with Crippen LogP contribution in [0.15, 0.2) is 30.5 Å². The first-order valence-corrected chi connectivity index (χ1v) is 7.21. The van der Waals surface area contributed by atoms with Crippen molar-refractivity contribution in [1.29, 1.82) is 0 Å². The molecule has 1 aromatic heterocycles. The molecule has 3 nitrogen and oxygen atoms in total. The fourth-order valence-corrected chi connectivity index (χ4v) is 3.28. The highest BCUT2D eigenvalue weighted by Crippen LogP contribution is 2.41. The van der Waals surface area contributed by atoms with Crippen LogP contribution in [0.2, 0.25) is 0 Å². The highest BCUT2D eigenvalue weighted by Gasteiger charge is 2.32. The SMILES string of the molecule is COc1cc(-n2ccc3c2CC(C)(C)CC3N)ccc1F. The Bertz CT molecular complexity index is 675. The van der Waals surface area contributed by atoms with Gasteiger partial charge in [0.2, 0.25) is 0 Å². The second-order valence-corrected chi connectivity index (χ2v) is 6.56. The van der Waals surface area contributed by atoms with Gasteiger partial charge in [0.05, 0.1) is 7.11 Å². The van der Waals surface area contributed by atoms with E-state index in [1.807, 2.05) is 6.20 Å². The molecule has 2 aromatic rings. The van der Waals surface area contributed by atoms with Crippen LogP contribution in [0.4, 0.5) is 4.39 Å². The molecule has 1 aromatic carbocycles. The Labute approximate surface area is 124 Å². The first-order chi connectivity index (χ1) is 9.91. The standard InChI is InChI=1S/C17H21FN2O/c1-17(2)9-14(19)12-6-7-20(15(12)10-17)11-4-5-13(18)16(8-11)21-3/h4-8,14H,9-10,19H2,1-3H3. The molecule has 0 saturated heterocycles. The number of methoxy groups -OCH3 is 1. The predicted molar refractivity (Wildman–Crippen MR) is 81.3 cm³/mol. The lowest BCUT2D eigenvalue weighted by Crippen LogP contribution is -2.30. The van der Waals surface area contributed by atoms with Crippen LogP contribution in [0.25, 0.3) is 5.69 Å². The van der Waals surface area contributed by atoms with E-state index in [9.17, 15) is 4.39 Å². The monoisotopic (exact) mass is 288 g/mol. The van der Waals surface area contributed by atoms with Crippen LogP contribution in [0.1, 0.15) is 37.6 Å². The Morgan fingerprint density at radius 1 is 1.33 bits per heavy atom. The Morgan fingerprint density at radius 2 is 2.10 bits per heavy atom. The summed E-state index contributed by atoms with van der Waals surface area (Å²) >= 11 is 0. The number of ether oxygens (including phenoxy) is 1. The van der Waals surface area contributed by atoms with E-state index < -0.39 is 0 Å². The van der Waals surface area contributed by atoms with Crippen LogP contribution in [0.5, 0.6) is 5.75 Å². The summed E-state index contributed by atoms with van der Waals surface area (Å²) in [5.41, 5.74) is 9.78. The van der Waals surface area contributed by atoms with E-state index in [2.05, 4.69) is 24.5 Å². The minimum absolute atomic E-state index is 0.0624. The van der Waals surface area contributed by atoms with Crippen molar-refractivity contribution in [3.63, 3.8) is 0 Å². The Kier molecular flexibility index (Phi) is 3.29. The summed E-state index contributed by atoms with van der Waals surface area (Å²) in [7, 11) is 1.48. The number of hydrogen-bond acceptors (Lipinski definition) is 2. The molecule has 0 fully saturated rings. The van der Waals surface area contributed by atoms with Crippen molar-refractivity contribution in [3.8, 4) is 11.4 Å². The first-order valence-electron chi connectivity index (χ1n) is 7.21. The van der Waals surface area contributed by atoms with E-state index in [4.69, 9.17) is 10.5 Å². The minimum atomic E-state index is -0.348. The van der Waals surface area contributed by atoms with E-state index in [-0.39, 0.29) is 23.0 Å². The lowest BCUT2D eigenvalue weighted by atomic mass is 9.74. The smallest absolute Gasteiger partial charge is 0.165 e. The second kappa shape index (κ2) is 4.88. The summed E-state index contributed by atoms with van der Waals surface area (Å²) in [5.74, 6) is -0.0892. The van der Waals surface area contributed by atoms with E-state index in [1.165, 1.54) is 24.4 Å². The van der Waals surface area contributed by atoms with E-state index in [1.54, 1.807) is 12.1 Å². The van der Waals surface area contributed by atoms with Crippen molar-refractivity contribution >= 4 is 0 Å². The third-order valence-corrected chi connectivity index (χ3v) is 4.26. The first kappa shape index (κ1) is 14.1. The van der Waals surface area contributed by atoms with Crippen LogP contribution >= 0.6 is 0 Å². The number of benzene rings is 1. The summed E-state index contributed by atoms with van der Waals surface area (Å²) in [5, 5.41) is 0. The van der Waals surface area contributed by atoms with Gasteiger partial charge in [0, 0.05) is 29.7 Å². The van der Waals surface area contributed by atoms with Crippen LogP contribution in [0, 0.1) is 11.2 Å². The van der Waals surface area contributed by atoms with Gasteiger partial charge in [-0.3, -0.25) is 0 Å². The van der Waals surface area contributed by atoms with Gasteiger partial charge in [0.1, 0.15) is 0 Å². The van der Waals surface area contributed by atoms with Gasteiger partial charge in [-0.15, -0.1) is 0 Å². The maximum absolute atomic E-state index is 13.6. The summed E-state index contributed by atoms with van der Waals surface area (Å²) in [6.45, 7) is 4.47. The number of halogens is 1. The maximum atomic E-state index is 13.6. The summed E-state index contributed by atoms with van der Waals surface area (Å²) in [6, 6.07) is 7.07. The summed E-state index contributed by atoms with van der Waals surface area (Å²) in [4.78, 5) is 0. The Morgan fingerprint density at radius 3 is 2.81 bits per heavy atom. The molecule has 0 radical (unpaired) electrons. The van der Waals surface area contributed by atoms with Crippen molar-refractivity contribution in [2.75, 3.05) is 7.11 Å². The topological polar surface area (TPSA) is 40.2 Å². The molecule has 0 amide bonds. The van der Waals surface area contributed by atoms with Gasteiger partial charge in [-0.05, 0) is 42.0 Å². The fourth-order valence-electron chi connectivity index (χ4n) is 3.28. The molecule has 1 aliphatic rings. The number of nitrogens with two attached hydrogens (primary N) is 1. The maximum Gasteiger partial charge on any atom is 0.165 e. The van der Waals surface area contributed by atoms with E-state index in [0.717, 1.165) is 18.5 Å². The molecular weight excluding hydrogens is 267 g/mol. The van der Waals surface area contributed by atoms with Crippen molar-refractivity contribution < 1.29 is 9.13 Å². The lowest BCUT2D eigenvalue weighted by Gasteiger charge is -2.34. The molecule has 1 atom stereocenters. The molecule has 112 valence electrons. The van der Waals surface area contributed by atoms with Crippen molar-refractivity contribution in [2.24, 2.45) is 11.1 Å². The van der Waals surface area contributed by atoms with Gasteiger partial charge in [-0.25, -0.2) is 4.39 Å².